The Kier molecular flexibility index (Phi) is 4.76. The zero-order valence-corrected chi connectivity index (χ0v) is 11.3. The Bertz CT molecular complexity index is 652. The summed E-state index contributed by atoms with van der Waals surface area (Å²) in [4.78, 5) is 26.8. The van der Waals surface area contributed by atoms with E-state index >= 15 is 0 Å². The molecule has 0 fully saturated rings. The van der Waals surface area contributed by atoms with Crippen molar-refractivity contribution in [3.05, 3.63) is 65.5 Å². The molecular formula is C15H13N3O3. The number of pyridine rings is 1. The lowest BCUT2D eigenvalue weighted by atomic mass is 10.1. The second-order valence-corrected chi connectivity index (χ2v) is 4.03. The smallest absolute Gasteiger partial charge is 0.337 e. The molecule has 21 heavy (non-hydrogen) atoms. The molecule has 2 aromatic rings. The minimum absolute atomic E-state index is 0.288. The van der Waals surface area contributed by atoms with E-state index in [0.29, 0.717) is 5.56 Å². The number of carbonyl (C=O) groups excluding carboxylic acids is 2. The number of carbonyl (C=O) groups is 2. The van der Waals surface area contributed by atoms with Gasteiger partial charge in [0, 0.05) is 6.20 Å². The number of nitrogens with zero attached hydrogens (tertiary/aromatic N) is 2. The Hall–Kier alpha value is -3.02. The highest BCUT2D eigenvalue weighted by Gasteiger charge is 2.04. The van der Waals surface area contributed by atoms with Crippen LogP contribution in [0.25, 0.3) is 0 Å². The van der Waals surface area contributed by atoms with E-state index in [4.69, 9.17) is 0 Å². The fourth-order valence-corrected chi connectivity index (χ4v) is 1.54. The second-order valence-electron chi connectivity index (χ2n) is 4.03. The monoisotopic (exact) mass is 283 g/mol. The molecule has 0 bridgehead atoms. The van der Waals surface area contributed by atoms with Gasteiger partial charge in [0.25, 0.3) is 5.91 Å². The van der Waals surface area contributed by atoms with Gasteiger partial charge < -0.3 is 4.74 Å². The van der Waals surface area contributed by atoms with E-state index < -0.39 is 11.9 Å². The van der Waals surface area contributed by atoms with E-state index in [1.807, 2.05) is 0 Å². The van der Waals surface area contributed by atoms with Crippen molar-refractivity contribution in [3.8, 4) is 0 Å². The van der Waals surface area contributed by atoms with Crippen LogP contribution >= 0.6 is 0 Å². The zero-order valence-electron chi connectivity index (χ0n) is 11.3. The molecule has 0 unspecified atom stereocenters. The molecule has 1 amide bonds. The van der Waals surface area contributed by atoms with E-state index in [0.717, 1.165) is 5.56 Å². The van der Waals surface area contributed by atoms with Crippen molar-refractivity contribution >= 4 is 18.1 Å². The molecule has 0 aliphatic heterocycles. The highest BCUT2D eigenvalue weighted by atomic mass is 16.5. The SMILES string of the molecule is COC(=O)c1ccc(/C=N\NC(=O)c2ccccn2)cc1. The lowest BCUT2D eigenvalue weighted by Crippen LogP contribution is -2.18. The van der Waals surface area contributed by atoms with Crippen molar-refractivity contribution in [1.82, 2.24) is 10.4 Å². The third kappa shape index (κ3) is 3.97. The van der Waals surface area contributed by atoms with Gasteiger partial charge >= 0.3 is 5.97 Å². The minimum Gasteiger partial charge on any atom is -0.465 e. The van der Waals surface area contributed by atoms with Crippen molar-refractivity contribution in [1.29, 1.82) is 0 Å². The molecule has 0 atom stereocenters. The van der Waals surface area contributed by atoms with Crippen molar-refractivity contribution in [3.63, 3.8) is 0 Å². The third-order valence-electron chi connectivity index (χ3n) is 2.61. The first-order chi connectivity index (χ1) is 10.2. The molecule has 1 aromatic carbocycles. The predicted octanol–water partition coefficient (Wildman–Crippen LogP) is 1.63. The average molecular weight is 283 g/mol. The Morgan fingerprint density at radius 2 is 1.95 bits per heavy atom. The maximum absolute atomic E-state index is 11.7. The standard InChI is InChI=1S/C15H13N3O3/c1-21-15(20)12-7-5-11(6-8-12)10-17-18-14(19)13-4-2-3-9-16-13/h2-10H,1H3,(H,18,19)/b17-10-. The van der Waals surface area contributed by atoms with Gasteiger partial charge in [-0.2, -0.15) is 5.10 Å². The number of rotatable bonds is 4. The van der Waals surface area contributed by atoms with Gasteiger partial charge in [-0.3, -0.25) is 9.78 Å². The number of hydrogen-bond acceptors (Lipinski definition) is 5. The van der Waals surface area contributed by atoms with Gasteiger partial charge in [-0.05, 0) is 29.8 Å². The fourth-order valence-electron chi connectivity index (χ4n) is 1.54. The number of benzene rings is 1. The highest BCUT2D eigenvalue weighted by Crippen LogP contribution is 2.03. The number of nitrogens with one attached hydrogen (secondary N) is 1. The number of aromatic nitrogens is 1. The van der Waals surface area contributed by atoms with E-state index in [1.165, 1.54) is 19.5 Å². The topological polar surface area (TPSA) is 80.6 Å². The summed E-state index contributed by atoms with van der Waals surface area (Å²) >= 11 is 0. The van der Waals surface area contributed by atoms with Gasteiger partial charge in [0.05, 0.1) is 18.9 Å². The van der Waals surface area contributed by atoms with Gasteiger partial charge in [0.1, 0.15) is 5.69 Å². The molecule has 6 heteroatoms. The van der Waals surface area contributed by atoms with E-state index in [-0.39, 0.29) is 5.69 Å². The average Bonchev–Trinajstić information content (AvgIpc) is 2.55. The molecule has 106 valence electrons. The summed E-state index contributed by atoms with van der Waals surface area (Å²) in [7, 11) is 1.32. The van der Waals surface area contributed by atoms with Crippen LogP contribution in [0.4, 0.5) is 0 Å². The van der Waals surface area contributed by atoms with Crippen LogP contribution in [0, 0.1) is 0 Å². The summed E-state index contributed by atoms with van der Waals surface area (Å²) < 4.78 is 4.60. The molecule has 1 aromatic heterocycles. The molecule has 0 radical (unpaired) electrons. The quantitative estimate of drug-likeness (QED) is 0.525. The normalized spacial score (nSPS) is 10.3. The summed E-state index contributed by atoms with van der Waals surface area (Å²) in [6.45, 7) is 0. The Balaban J connectivity index is 1.95. The number of ether oxygens (including phenoxy) is 1. The molecular weight excluding hydrogens is 270 g/mol. The Morgan fingerprint density at radius 3 is 2.57 bits per heavy atom. The molecule has 0 aliphatic carbocycles. The zero-order chi connectivity index (χ0) is 15.1. The number of hydrazone groups is 1. The van der Waals surface area contributed by atoms with Crippen LogP contribution in [0.5, 0.6) is 0 Å². The van der Waals surface area contributed by atoms with Crippen molar-refractivity contribution in [2.24, 2.45) is 5.10 Å². The first kappa shape index (κ1) is 14.4. The van der Waals surface area contributed by atoms with Crippen LogP contribution in [0.3, 0.4) is 0 Å². The molecule has 1 N–H and O–H groups in total. The molecule has 2 rings (SSSR count). The molecule has 1 heterocycles. The Labute approximate surface area is 121 Å². The maximum Gasteiger partial charge on any atom is 0.337 e. The van der Waals surface area contributed by atoms with E-state index in [1.54, 1.807) is 42.5 Å². The molecule has 0 spiro atoms. The Morgan fingerprint density at radius 1 is 1.19 bits per heavy atom. The maximum atomic E-state index is 11.7. The summed E-state index contributed by atoms with van der Waals surface area (Å²) in [5, 5.41) is 3.83. The summed E-state index contributed by atoms with van der Waals surface area (Å²) in [5.41, 5.74) is 3.85. The molecule has 0 saturated heterocycles. The number of amides is 1. The van der Waals surface area contributed by atoms with Crippen molar-refractivity contribution < 1.29 is 14.3 Å². The summed E-state index contributed by atoms with van der Waals surface area (Å²) in [6.07, 6.45) is 3.01. The fraction of sp³-hybridized carbons (Fsp3) is 0.0667. The van der Waals surface area contributed by atoms with Crippen molar-refractivity contribution in [2.75, 3.05) is 7.11 Å². The first-order valence-electron chi connectivity index (χ1n) is 6.13. The van der Waals surface area contributed by atoms with Crippen LogP contribution in [0.15, 0.2) is 53.8 Å². The third-order valence-corrected chi connectivity index (χ3v) is 2.61. The largest absolute Gasteiger partial charge is 0.465 e. The van der Waals surface area contributed by atoms with Gasteiger partial charge in [0.2, 0.25) is 0 Å². The van der Waals surface area contributed by atoms with Crippen LogP contribution in [-0.4, -0.2) is 30.2 Å². The van der Waals surface area contributed by atoms with Crippen LogP contribution in [0.2, 0.25) is 0 Å². The lowest BCUT2D eigenvalue weighted by molar-refractivity contribution is 0.0600. The summed E-state index contributed by atoms with van der Waals surface area (Å²) in [6, 6.07) is 11.7. The first-order valence-corrected chi connectivity index (χ1v) is 6.13. The number of hydrogen-bond donors (Lipinski definition) is 1. The predicted molar refractivity (Wildman–Crippen MR) is 77.1 cm³/mol. The van der Waals surface area contributed by atoms with Gasteiger partial charge in [-0.15, -0.1) is 0 Å². The van der Waals surface area contributed by atoms with Crippen LogP contribution in [0.1, 0.15) is 26.4 Å². The van der Waals surface area contributed by atoms with Gasteiger partial charge in [0.15, 0.2) is 0 Å². The molecule has 0 saturated carbocycles. The lowest BCUT2D eigenvalue weighted by Gasteiger charge is -2.00. The minimum atomic E-state index is -0.401. The van der Waals surface area contributed by atoms with Gasteiger partial charge in [-0.1, -0.05) is 18.2 Å². The van der Waals surface area contributed by atoms with Crippen LogP contribution in [-0.2, 0) is 4.74 Å². The number of esters is 1. The van der Waals surface area contributed by atoms with Crippen molar-refractivity contribution in [2.45, 2.75) is 0 Å². The number of methoxy groups -OCH3 is 1. The van der Waals surface area contributed by atoms with Crippen LogP contribution < -0.4 is 5.43 Å². The van der Waals surface area contributed by atoms with E-state index in [2.05, 4.69) is 20.2 Å². The summed E-state index contributed by atoms with van der Waals surface area (Å²) in [5.74, 6) is -0.792. The highest BCUT2D eigenvalue weighted by molar-refractivity contribution is 5.93. The van der Waals surface area contributed by atoms with E-state index in [9.17, 15) is 9.59 Å². The molecule has 0 aliphatic rings. The molecule has 6 nitrogen and oxygen atoms in total. The second kappa shape index (κ2) is 6.95. The van der Waals surface area contributed by atoms with Gasteiger partial charge in [-0.25, -0.2) is 10.2 Å².